The van der Waals surface area contributed by atoms with E-state index in [1.807, 2.05) is 0 Å². The van der Waals surface area contributed by atoms with E-state index in [-0.39, 0.29) is 5.69 Å². The summed E-state index contributed by atoms with van der Waals surface area (Å²) in [5.74, 6) is -2.50. The van der Waals surface area contributed by atoms with Gasteiger partial charge in [0.05, 0.1) is 6.10 Å². The van der Waals surface area contributed by atoms with Crippen LogP contribution in [0.3, 0.4) is 0 Å². The average Bonchev–Trinajstić information content (AvgIpc) is 2.30. The highest BCUT2D eigenvalue weighted by Gasteiger charge is 2.31. The molecule has 0 amide bonds. The van der Waals surface area contributed by atoms with Gasteiger partial charge in [-0.2, -0.15) is 0 Å². The van der Waals surface area contributed by atoms with E-state index in [9.17, 15) is 22.3 Å². The third kappa shape index (κ3) is 3.08. The highest BCUT2D eigenvalue weighted by molar-refractivity contribution is 7.89. The quantitative estimate of drug-likeness (QED) is 0.730. The monoisotopic (exact) mass is 306 g/mol. The lowest BCUT2D eigenvalue weighted by atomic mass is 9.93. The number of sulfonamides is 1. The highest BCUT2D eigenvalue weighted by Crippen LogP contribution is 2.24. The van der Waals surface area contributed by atoms with Crippen LogP contribution >= 0.6 is 0 Å². The molecular weight excluding hydrogens is 290 g/mol. The van der Waals surface area contributed by atoms with Crippen LogP contribution in [-0.4, -0.2) is 25.7 Å². The van der Waals surface area contributed by atoms with Crippen molar-refractivity contribution < 1.29 is 22.3 Å². The number of rotatable bonds is 3. The maximum Gasteiger partial charge on any atom is 0.246 e. The van der Waals surface area contributed by atoms with Gasteiger partial charge in [0, 0.05) is 11.7 Å². The molecule has 1 aromatic carbocycles. The molecule has 1 aromatic rings. The fourth-order valence-electron chi connectivity index (χ4n) is 2.34. The third-order valence-corrected chi connectivity index (χ3v) is 4.87. The van der Waals surface area contributed by atoms with Crippen molar-refractivity contribution in [3.63, 3.8) is 0 Å². The van der Waals surface area contributed by atoms with Gasteiger partial charge >= 0.3 is 0 Å². The predicted octanol–water partition coefficient (Wildman–Crippen LogP) is 1.13. The van der Waals surface area contributed by atoms with Crippen LogP contribution in [-0.2, 0) is 10.0 Å². The lowest BCUT2D eigenvalue weighted by molar-refractivity contribution is 0.101. The van der Waals surface area contributed by atoms with Crippen molar-refractivity contribution in [3.8, 4) is 0 Å². The minimum atomic E-state index is -4.39. The number of anilines is 1. The van der Waals surface area contributed by atoms with Crippen LogP contribution in [0, 0.1) is 11.6 Å². The molecule has 0 aliphatic heterocycles. The molecule has 4 N–H and O–H groups in total. The molecule has 1 fully saturated rings. The zero-order chi connectivity index (χ0) is 14.9. The Labute approximate surface area is 115 Å². The number of nitrogens with two attached hydrogens (primary N) is 1. The summed E-state index contributed by atoms with van der Waals surface area (Å²) in [5, 5.41) is 9.73. The summed E-state index contributed by atoms with van der Waals surface area (Å²) in [6, 6.07) is 0.759. The first-order valence-corrected chi connectivity index (χ1v) is 7.74. The van der Waals surface area contributed by atoms with Crippen LogP contribution < -0.4 is 10.5 Å². The first kappa shape index (κ1) is 15.1. The van der Waals surface area contributed by atoms with E-state index in [0.717, 1.165) is 25.0 Å². The predicted molar refractivity (Wildman–Crippen MR) is 69.4 cm³/mol. The van der Waals surface area contributed by atoms with Crippen molar-refractivity contribution in [3.05, 3.63) is 23.8 Å². The second-order valence-corrected chi connectivity index (χ2v) is 6.54. The molecule has 0 saturated heterocycles. The molecular formula is C12H16F2N2O3S. The maximum absolute atomic E-state index is 13.7. The van der Waals surface area contributed by atoms with Crippen LogP contribution in [0.15, 0.2) is 17.0 Å². The van der Waals surface area contributed by atoms with Crippen LogP contribution in [0.25, 0.3) is 0 Å². The number of halogens is 2. The summed E-state index contributed by atoms with van der Waals surface area (Å²) < 4.78 is 53.6. The minimum Gasteiger partial charge on any atom is -0.399 e. The number of aliphatic hydroxyl groups excluding tert-OH is 1. The van der Waals surface area contributed by atoms with Crippen molar-refractivity contribution in [2.24, 2.45) is 0 Å². The summed E-state index contributed by atoms with van der Waals surface area (Å²) in [7, 11) is -4.39. The van der Waals surface area contributed by atoms with E-state index in [0.29, 0.717) is 12.8 Å². The number of nitrogen functional groups attached to an aromatic ring is 1. The van der Waals surface area contributed by atoms with Crippen molar-refractivity contribution in [2.45, 2.75) is 42.7 Å². The van der Waals surface area contributed by atoms with Gasteiger partial charge in [0.15, 0.2) is 4.90 Å². The lowest BCUT2D eigenvalue weighted by Gasteiger charge is -2.28. The average molecular weight is 306 g/mol. The Morgan fingerprint density at radius 1 is 1.20 bits per heavy atom. The summed E-state index contributed by atoms with van der Waals surface area (Å²) >= 11 is 0. The molecule has 0 radical (unpaired) electrons. The Morgan fingerprint density at radius 3 is 2.30 bits per heavy atom. The zero-order valence-corrected chi connectivity index (χ0v) is 11.5. The van der Waals surface area contributed by atoms with E-state index in [1.54, 1.807) is 0 Å². The van der Waals surface area contributed by atoms with Gasteiger partial charge in [0.25, 0.3) is 0 Å². The van der Waals surface area contributed by atoms with Crippen molar-refractivity contribution >= 4 is 15.7 Å². The van der Waals surface area contributed by atoms with Crippen molar-refractivity contribution in [1.29, 1.82) is 0 Å². The molecule has 0 unspecified atom stereocenters. The molecule has 1 saturated carbocycles. The largest absolute Gasteiger partial charge is 0.399 e. The maximum atomic E-state index is 13.7. The number of hydrogen-bond donors (Lipinski definition) is 3. The molecule has 20 heavy (non-hydrogen) atoms. The Balaban J connectivity index is 2.31. The molecule has 112 valence electrons. The molecule has 8 heteroatoms. The number of nitrogens with one attached hydrogen (secondary N) is 1. The molecule has 0 bridgehead atoms. The van der Waals surface area contributed by atoms with Gasteiger partial charge in [-0.15, -0.1) is 0 Å². The molecule has 1 aliphatic carbocycles. The van der Waals surface area contributed by atoms with Crippen LogP contribution in [0.5, 0.6) is 0 Å². The summed E-state index contributed by atoms with van der Waals surface area (Å²) in [4.78, 5) is -1.07. The molecule has 0 spiro atoms. The molecule has 0 aromatic heterocycles. The van der Waals surface area contributed by atoms with E-state index >= 15 is 0 Å². The Hall–Kier alpha value is -1.25. The first-order chi connectivity index (χ1) is 9.31. The van der Waals surface area contributed by atoms with Crippen molar-refractivity contribution in [1.82, 2.24) is 4.72 Å². The molecule has 2 atom stereocenters. The molecule has 1 aliphatic rings. The van der Waals surface area contributed by atoms with Gasteiger partial charge in [-0.25, -0.2) is 21.9 Å². The first-order valence-electron chi connectivity index (χ1n) is 6.26. The smallest absolute Gasteiger partial charge is 0.246 e. The third-order valence-electron chi connectivity index (χ3n) is 3.33. The summed E-state index contributed by atoms with van der Waals surface area (Å²) in [6.07, 6.45) is 1.58. The minimum absolute atomic E-state index is 0.198. The number of aliphatic hydroxyl groups is 1. The SMILES string of the molecule is Nc1cc(F)c(S(=O)(=O)N[C@@H]2CCCC[C@H]2O)c(F)c1. The standard InChI is InChI=1S/C12H16F2N2O3S/c13-8-5-7(15)6-9(14)12(8)20(18,19)16-10-3-1-2-4-11(10)17/h5-6,10-11,16-17H,1-4,15H2/t10-,11-/m1/s1. The van der Waals surface area contributed by atoms with Gasteiger partial charge < -0.3 is 10.8 Å². The second kappa shape index (κ2) is 5.63. The van der Waals surface area contributed by atoms with Crippen LogP contribution in [0.2, 0.25) is 0 Å². The Morgan fingerprint density at radius 2 is 1.75 bits per heavy atom. The van der Waals surface area contributed by atoms with Gasteiger partial charge in [0.1, 0.15) is 11.6 Å². The molecule has 5 nitrogen and oxygen atoms in total. The Bertz CT molecular complexity index is 584. The lowest BCUT2D eigenvalue weighted by Crippen LogP contribution is -2.45. The van der Waals surface area contributed by atoms with Crippen LogP contribution in [0.1, 0.15) is 25.7 Å². The van der Waals surface area contributed by atoms with E-state index in [2.05, 4.69) is 4.72 Å². The molecule has 2 rings (SSSR count). The van der Waals surface area contributed by atoms with Gasteiger partial charge in [-0.1, -0.05) is 12.8 Å². The molecule has 0 heterocycles. The van der Waals surface area contributed by atoms with E-state index in [1.165, 1.54) is 0 Å². The van der Waals surface area contributed by atoms with Gasteiger partial charge in [0.2, 0.25) is 10.0 Å². The normalized spacial score (nSPS) is 23.8. The second-order valence-electron chi connectivity index (χ2n) is 4.89. The number of hydrogen-bond acceptors (Lipinski definition) is 4. The topological polar surface area (TPSA) is 92.4 Å². The van der Waals surface area contributed by atoms with Gasteiger partial charge in [-0.3, -0.25) is 0 Å². The fourth-order valence-corrected chi connectivity index (χ4v) is 3.77. The fraction of sp³-hybridized carbons (Fsp3) is 0.500. The van der Waals surface area contributed by atoms with E-state index in [4.69, 9.17) is 5.73 Å². The van der Waals surface area contributed by atoms with Crippen molar-refractivity contribution in [2.75, 3.05) is 5.73 Å². The number of benzene rings is 1. The highest BCUT2D eigenvalue weighted by atomic mass is 32.2. The van der Waals surface area contributed by atoms with E-state index < -0.39 is 38.7 Å². The zero-order valence-electron chi connectivity index (χ0n) is 10.6. The van der Waals surface area contributed by atoms with Gasteiger partial charge in [-0.05, 0) is 25.0 Å². The summed E-state index contributed by atoms with van der Waals surface area (Å²) in [5.41, 5.74) is 5.05. The summed E-state index contributed by atoms with van der Waals surface area (Å²) in [6.45, 7) is 0. The Kier molecular flexibility index (Phi) is 4.26. The van der Waals surface area contributed by atoms with Crippen LogP contribution in [0.4, 0.5) is 14.5 Å².